The molecule has 0 saturated heterocycles. The highest BCUT2D eigenvalue weighted by molar-refractivity contribution is 6.30. The standard InChI is InChI=1S/C10H10Cl2N2O/c11-4-9(15)6-14-10-2-1-8(12)3-7(10)5-13/h1-3,9,14-15H,4,6H2. The molecule has 0 aromatic heterocycles. The van der Waals surface area contributed by atoms with E-state index < -0.39 is 6.10 Å². The quantitative estimate of drug-likeness (QED) is 0.799. The van der Waals surface area contributed by atoms with Crippen molar-refractivity contribution in [1.82, 2.24) is 0 Å². The van der Waals surface area contributed by atoms with E-state index in [0.29, 0.717) is 22.8 Å². The molecule has 0 aliphatic heterocycles. The van der Waals surface area contributed by atoms with E-state index in [0.717, 1.165) is 0 Å². The van der Waals surface area contributed by atoms with Crippen molar-refractivity contribution in [3.63, 3.8) is 0 Å². The van der Waals surface area contributed by atoms with Gasteiger partial charge in [-0.25, -0.2) is 0 Å². The van der Waals surface area contributed by atoms with Crippen LogP contribution in [0.25, 0.3) is 0 Å². The number of nitriles is 1. The van der Waals surface area contributed by atoms with Crippen LogP contribution in [0.4, 0.5) is 5.69 Å². The summed E-state index contributed by atoms with van der Waals surface area (Å²) in [7, 11) is 0. The molecular weight excluding hydrogens is 235 g/mol. The predicted molar refractivity (Wildman–Crippen MR) is 61.4 cm³/mol. The van der Waals surface area contributed by atoms with Gasteiger partial charge in [0.1, 0.15) is 6.07 Å². The molecule has 80 valence electrons. The third-order valence-electron chi connectivity index (χ3n) is 1.81. The van der Waals surface area contributed by atoms with E-state index in [4.69, 9.17) is 28.5 Å². The maximum absolute atomic E-state index is 9.23. The molecule has 0 saturated carbocycles. The monoisotopic (exact) mass is 244 g/mol. The minimum absolute atomic E-state index is 0.155. The van der Waals surface area contributed by atoms with E-state index in [1.165, 1.54) is 0 Å². The Morgan fingerprint density at radius 2 is 2.27 bits per heavy atom. The minimum Gasteiger partial charge on any atom is -0.390 e. The molecule has 1 unspecified atom stereocenters. The molecule has 1 rings (SSSR count). The number of aliphatic hydroxyl groups is 1. The van der Waals surface area contributed by atoms with Gasteiger partial charge in [0.15, 0.2) is 0 Å². The van der Waals surface area contributed by atoms with Gasteiger partial charge in [-0.15, -0.1) is 11.6 Å². The maximum Gasteiger partial charge on any atom is 0.101 e. The molecule has 0 radical (unpaired) electrons. The number of anilines is 1. The van der Waals surface area contributed by atoms with E-state index in [9.17, 15) is 5.11 Å². The Morgan fingerprint density at radius 1 is 1.53 bits per heavy atom. The van der Waals surface area contributed by atoms with Crippen LogP contribution in [0.1, 0.15) is 5.56 Å². The lowest BCUT2D eigenvalue weighted by Crippen LogP contribution is -2.21. The zero-order chi connectivity index (χ0) is 11.3. The molecule has 2 N–H and O–H groups in total. The lowest BCUT2D eigenvalue weighted by atomic mass is 10.2. The van der Waals surface area contributed by atoms with Crippen molar-refractivity contribution in [2.75, 3.05) is 17.7 Å². The number of aliphatic hydroxyl groups excluding tert-OH is 1. The molecule has 0 heterocycles. The fourth-order valence-electron chi connectivity index (χ4n) is 1.05. The number of benzene rings is 1. The first-order valence-corrected chi connectivity index (χ1v) is 5.26. The lowest BCUT2D eigenvalue weighted by molar-refractivity contribution is 0.211. The highest BCUT2D eigenvalue weighted by Crippen LogP contribution is 2.19. The number of hydrogen-bond donors (Lipinski definition) is 2. The molecule has 15 heavy (non-hydrogen) atoms. The first-order chi connectivity index (χ1) is 7.17. The van der Waals surface area contributed by atoms with Crippen LogP contribution in [-0.4, -0.2) is 23.6 Å². The fourth-order valence-corrected chi connectivity index (χ4v) is 1.33. The summed E-state index contributed by atoms with van der Waals surface area (Å²) in [6, 6.07) is 6.96. The van der Waals surface area contributed by atoms with Crippen molar-refractivity contribution in [1.29, 1.82) is 5.26 Å². The van der Waals surface area contributed by atoms with Gasteiger partial charge < -0.3 is 10.4 Å². The second-order valence-electron chi connectivity index (χ2n) is 2.99. The lowest BCUT2D eigenvalue weighted by Gasteiger charge is -2.11. The Labute approximate surface area is 98.2 Å². The first-order valence-electron chi connectivity index (χ1n) is 4.35. The van der Waals surface area contributed by atoms with Gasteiger partial charge in [0.2, 0.25) is 0 Å². The normalized spacial score (nSPS) is 11.9. The van der Waals surface area contributed by atoms with Crippen LogP contribution in [0.15, 0.2) is 18.2 Å². The number of alkyl halides is 1. The van der Waals surface area contributed by atoms with E-state index in [2.05, 4.69) is 5.32 Å². The molecule has 0 fully saturated rings. The highest BCUT2D eigenvalue weighted by Gasteiger charge is 2.05. The van der Waals surface area contributed by atoms with Crippen LogP contribution in [0, 0.1) is 11.3 Å². The highest BCUT2D eigenvalue weighted by atomic mass is 35.5. The van der Waals surface area contributed by atoms with E-state index in [-0.39, 0.29) is 5.88 Å². The molecule has 0 spiro atoms. The Hall–Kier alpha value is -0.950. The molecule has 0 aliphatic carbocycles. The summed E-state index contributed by atoms with van der Waals surface area (Å²) < 4.78 is 0. The molecule has 1 aromatic rings. The summed E-state index contributed by atoms with van der Waals surface area (Å²) in [5.41, 5.74) is 1.09. The van der Waals surface area contributed by atoms with Gasteiger partial charge in [-0.3, -0.25) is 0 Å². The van der Waals surface area contributed by atoms with Crippen LogP contribution in [0.3, 0.4) is 0 Å². The van der Waals surface area contributed by atoms with E-state index in [1.54, 1.807) is 18.2 Å². The number of nitrogens with one attached hydrogen (secondary N) is 1. The van der Waals surface area contributed by atoms with Crippen LogP contribution in [0.5, 0.6) is 0 Å². The van der Waals surface area contributed by atoms with Crippen molar-refractivity contribution in [2.45, 2.75) is 6.10 Å². The van der Waals surface area contributed by atoms with Gasteiger partial charge >= 0.3 is 0 Å². The van der Waals surface area contributed by atoms with Crippen molar-refractivity contribution < 1.29 is 5.11 Å². The summed E-state index contributed by atoms with van der Waals surface area (Å²) in [6.45, 7) is 0.305. The minimum atomic E-state index is -0.631. The van der Waals surface area contributed by atoms with Crippen molar-refractivity contribution in [3.8, 4) is 6.07 Å². The molecule has 0 aliphatic rings. The van der Waals surface area contributed by atoms with Gasteiger partial charge in [0.05, 0.1) is 23.2 Å². The van der Waals surface area contributed by atoms with E-state index in [1.807, 2.05) is 6.07 Å². The average molecular weight is 245 g/mol. The topological polar surface area (TPSA) is 56.0 Å². The average Bonchev–Trinajstić information content (AvgIpc) is 2.26. The zero-order valence-corrected chi connectivity index (χ0v) is 9.39. The summed E-state index contributed by atoms with van der Waals surface area (Å²) in [6.07, 6.45) is -0.631. The second kappa shape index (κ2) is 5.82. The van der Waals surface area contributed by atoms with Gasteiger partial charge in [-0.2, -0.15) is 5.26 Å². The fraction of sp³-hybridized carbons (Fsp3) is 0.300. The van der Waals surface area contributed by atoms with Gasteiger partial charge in [0.25, 0.3) is 0 Å². The molecule has 3 nitrogen and oxygen atoms in total. The Bertz CT molecular complexity index is 376. The number of nitrogens with zero attached hydrogens (tertiary/aromatic N) is 1. The SMILES string of the molecule is N#Cc1cc(Cl)ccc1NCC(O)CCl. The van der Waals surface area contributed by atoms with Crippen molar-refractivity contribution >= 4 is 28.9 Å². The molecule has 0 bridgehead atoms. The third-order valence-corrected chi connectivity index (χ3v) is 2.40. The van der Waals surface area contributed by atoms with Crippen LogP contribution in [-0.2, 0) is 0 Å². The Balaban J connectivity index is 2.73. The largest absolute Gasteiger partial charge is 0.390 e. The summed E-state index contributed by atoms with van der Waals surface area (Å²) in [5.74, 6) is 0.155. The summed E-state index contributed by atoms with van der Waals surface area (Å²) >= 11 is 11.2. The molecule has 0 amide bonds. The smallest absolute Gasteiger partial charge is 0.101 e. The number of halogens is 2. The molecule has 1 atom stereocenters. The van der Waals surface area contributed by atoms with E-state index >= 15 is 0 Å². The molecule has 1 aromatic carbocycles. The van der Waals surface area contributed by atoms with Gasteiger partial charge in [0, 0.05) is 11.6 Å². The first kappa shape index (κ1) is 12.1. The Morgan fingerprint density at radius 3 is 2.87 bits per heavy atom. The van der Waals surface area contributed by atoms with Crippen LogP contribution in [0.2, 0.25) is 5.02 Å². The van der Waals surface area contributed by atoms with Crippen molar-refractivity contribution in [3.05, 3.63) is 28.8 Å². The van der Waals surface area contributed by atoms with Gasteiger partial charge in [-0.05, 0) is 18.2 Å². The molecular formula is C10H10Cl2N2O. The third kappa shape index (κ3) is 3.60. The van der Waals surface area contributed by atoms with Crippen molar-refractivity contribution in [2.24, 2.45) is 0 Å². The van der Waals surface area contributed by atoms with Crippen LogP contribution >= 0.6 is 23.2 Å². The summed E-state index contributed by atoms with van der Waals surface area (Å²) in [4.78, 5) is 0. The Kier molecular flexibility index (Phi) is 4.70. The van der Waals surface area contributed by atoms with Crippen LogP contribution < -0.4 is 5.32 Å². The second-order valence-corrected chi connectivity index (χ2v) is 3.74. The zero-order valence-electron chi connectivity index (χ0n) is 7.87. The summed E-state index contributed by atoms with van der Waals surface area (Å²) in [5, 5.41) is 21.5. The maximum atomic E-state index is 9.23. The number of rotatable bonds is 4. The number of hydrogen-bond acceptors (Lipinski definition) is 3. The van der Waals surface area contributed by atoms with Gasteiger partial charge in [-0.1, -0.05) is 11.6 Å². The molecule has 5 heteroatoms. The predicted octanol–water partition coefficient (Wildman–Crippen LogP) is 2.22.